The Morgan fingerprint density at radius 3 is 2.91 bits per heavy atom. The van der Waals surface area contributed by atoms with Gasteiger partial charge in [0, 0.05) is 46.0 Å². The van der Waals surface area contributed by atoms with Crippen LogP contribution in [0.1, 0.15) is 38.9 Å². The summed E-state index contributed by atoms with van der Waals surface area (Å²) in [5.74, 6) is 1.38. The van der Waals surface area contributed by atoms with Gasteiger partial charge in [-0.25, -0.2) is 4.98 Å². The summed E-state index contributed by atoms with van der Waals surface area (Å²) in [7, 11) is 3.95. The second-order valence-electron chi connectivity index (χ2n) is 6.82. The highest BCUT2D eigenvalue weighted by molar-refractivity contribution is 5.82. The summed E-state index contributed by atoms with van der Waals surface area (Å²) >= 11 is 0. The standard InChI is InChI=1S/C17H30N4O/c1-5-21-12-7-9-17(2,14-21)16(22)20(4)11-6-8-15-18-10-13-19(15)3/h10,13H,5-9,11-12,14H2,1-4H3/t17-/m0/s1. The molecule has 0 unspecified atom stereocenters. The normalized spacial score (nSPS) is 22.7. The fourth-order valence-corrected chi connectivity index (χ4v) is 3.46. The first-order chi connectivity index (χ1) is 10.5. The zero-order valence-corrected chi connectivity index (χ0v) is 14.5. The van der Waals surface area contributed by atoms with Gasteiger partial charge in [-0.05, 0) is 39.3 Å². The number of hydrogen-bond acceptors (Lipinski definition) is 3. The van der Waals surface area contributed by atoms with E-state index in [4.69, 9.17) is 0 Å². The van der Waals surface area contributed by atoms with Crippen LogP contribution in [0.3, 0.4) is 0 Å². The number of carbonyl (C=O) groups is 1. The van der Waals surface area contributed by atoms with Crippen molar-refractivity contribution in [2.75, 3.05) is 33.2 Å². The topological polar surface area (TPSA) is 41.4 Å². The number of rotatable bonds is 6. The number of hydrogen-bond donors (Lipinski definition) is 0. The molecule has 0 spiro atoms. The fourth-order valence-electron chi connectivity index (χ4n) is 3.46. The lowest BCUT2D eigenvalue weighted by Gasteiger charge is -2.41. The third kappa shape index (κ3) is 3.88. The average molecular weight is 306 g/mol. The zero-order valence-electron chi connectivity index (χ0n) is 14.5. The Bertz CT molecular complexity index is 499. The van der Waals surface area contributed by atoms with Gasteiger partial charge < -0.3 is 14.4 Å². The summed E-state index contributed by atoms with van der Waals surface area (Å²) < 4.78 is 2.05. The van der Waals surface area contributed by atoms with Gasteiger partial charge in [-0.15, -0.1) is 0 Å². The van der Waals surface area contributed by atoms with Crippen molar-refractivity contribution in [3.05, 3.63) is 18.2 Å². The lowest BCUT2D eigenvalue weighted by atomic mass is 9.80. The van der Waals surface area contributed by atoms with Crippen molar-refractivity contribution in [2.45, 2.75) is 39.5 Å². The number of imidazole rings is 1. The summed E-state index contributed by atoms with van der Waals surface area (Å²) in [5, 5.41) is 0. The summed E-state index contributed by atoms with van der Waals surface area (Å²) in [5.41, 5.74) is -0.216. The molecule has 1 saturated heterocycles. The van der Waals surface area contributed by atoms with E-state index in [1.54, 1.807) is 0 Å². The minimum Gasteiger partial charge on any atom is -0.345 e. The Kier molecular flexibility index (Phi) is 5.62. The molecule has 1 amide bonds. The maximum absolute atomic E-state index is 12.8. The van der Waals surface area contributed by atoms with E-state index in [-0.39, 0.29) is 5.41 Å². The van der Waals surface area contributed by atoms with Crippen molar-refractivity contribution in [3.63, 3.8) is 0 Å². The van der Waals surface area contributed by atoms with Crippen LogP contribution in [0.25, 0.3) is 0 Å². The molecule has 1 fully saturated rings. The Hall–Kier alpha value is -1.36. The van der Waals surface area contributed by atoms with Crippen molar-refractivity contribution in [3.8, 4) is 0 Å². The van der Waals surface area contributed by atoms with E-state index in [2.05, 4.69) is 23.7 Å². The Labute approximate surface area is 134 Å². The van der Waals surface area contributed by atoms with E-state index < -0.39 is 0 Å². The van der Waals surface area contributed by atoms with Gasteiger partial charge in [-0.2, -0.15) is 0 Å². The van der Waals surface area contributed by atoms with Gasteiger partial charge in [0.2, 0.25) is 5.91 Å². The van der Waals surface area contributed by atoms with Crippen molar-refractivity contribution in [2.24, 2.45) is 12.5 Å². The van der Waals surface area contributed by atoms with Gasteiger partial charge in [0.1, 0.15) is 5.82 Å². The molecule has 22 heavy (non-hydrogen) atoms. The largest absolute Gasteiger partial charge is 0.345 e. The van der Waals surface area contributed by atoms with Crippen LogP contribution in [0.15, 0.2) is 12.4 Å². The summed E-state index contributed by atoms with van der Waals surface area (Å²) in [6.07, 6.45) is 7.79. The average Bonchev–Trinajstić information content (AvgIpc) is 2.91. The second-order valence-corrected chi connectivity index (χ2v) is 6.82. The van der Waals surface area contributed by atoms with Crippen LogP contribution >= 0.6 is 0 Å². The van der Waals surface area contributed by atoms with E-state index in [0.717, 1.165) is 57.7 Å². The monoisotopic (exact) mass is 306 g/mol. The maximum Gasteiger partial charge on any atom is 0.229 e. The lowest BCUT2D eigenvalue weighted by molar-refractivity contribution is -0.143. The van der Waals surface area contributed by atoms with Crippen LogP contribution in [0.2, 0.25) is 0 Å². The minimum atomic E-state index is -0.216. The van der Waals surface area contributed by atoms with Crippen LogP contribution in [0.4, 0.5) is 0 Å². The first kappa shape index (κ1) is 17.0. The molecule has 0 bridgehead atoms. The van der Waals surface area contributed by atoms with Gasteiger partial charge in [0.05, 0.1) is 5.41 Å². The molecule has 0 saturated carbocycles. The number of piperidine rings is 1. The van der Waals surface area contributed by atoms with Crippen molar-refractivity contribution in [1.82, 2.24) is 19.4 Å². The lowest BCUT2D eigenvalue weighted by Crippen LogP contribution is -2.50. The number of nitrogens with zero attached hydrogens (tertiary/aromatic N) is 4. The first-order valence-corrected chi connectivity index (χ1v) is 8.40. The third-order valence-corrected chi connectivity index (χ3v) is 4.90. The number of aryl methyl sites for hydroxylation is 2. The van der Waals surface area contributed by atoms with Gasteiger partial charge in [0.25, 0.3) is 0 Å². The Morgan fingerprint density at radius 1 is 1.50 bits per heavy atom. The van der Waals surface area contributed by atoms with Crippen LogP contribution in [0, 0.1) is 5.41 Å². The molecule has 2 heterocycles. The summed E-state index contributed by atoms with van der Waals surface area (Å²) in [6, 6.07) is 0. The van der Waals surface area contributed by atoms with E-state index in [9.17, 15) is 4.79 Å². The molecular weight excluding hydrogens is 276 g/mol. The molecular formula is C17H30N4O. The highest BCUT2D eigenvalue weighted by Crippen LogP contribution is 2.31. The quantitative estimate of drug-likeness (QED) is 0.806. The molecule has 0 aromatic carbocycles. The number of amides is 1. The molecule has 5 nitrogen and oxygen atoms in total. The molecule has 1 aliphatic rings. The van der Waals surface area contributed by atoms with Crippen LogP contribution in [0.5, 0.6) is 0 Å². The highest BCUT2D eigenvalue weighted by Gasteiger charge is 2.38. The highest BCUT2D eigenvalue weighted by atomic mass is 16.2. The number of likely N-dealkylation sites (tertiary alicyclic amines) is 1. The van der Waals surface area contributed by atoms with Gasteiger partial charge in [0.15, 0.2) is 0 Å². The molecule has 0 N–H and O–H groups in total. The predicted molar refractivity (Wildman–Crippen MR) is 88.6 cm³/mol. The second kappa shape index (κ2) is 7.27. The maximum atomic E-state index is 12.8. The molecule has 1 aromatic heterocycles. The third-order valence-electron chi connectivity index (χ3n) is 4.90. The zero-order chi connectivity index (χ0) is 16.2. The fraction of sp³-hybridized carbons (Fsp3) is 0.765. The van der Waals surface area contributed by atoms with Gasteiger partial charge >= 0.3 is 0 Å². The molecule has 0 radical (unpaired) electrons. The van der Waals surface area contributed by atoms with Crippen molar-refractivity contribution in [1.29, 1.82) is 0 Å². The minimum absolute atomic E-state index is 0.216. The smallest absolute Gasteiger partial charge is 0.229 e. The van der Waals surface area contributed by atoms with Gasteiger partial charge in [-0.3, -0.25) is 4.79 Å². The molecule has 0 aliphatic carbocycles. The molecule has 1 aromatic rings. The van der Waals surface area contributed by atoms with E-state index in [1.807, 2.05) is 36.0 Å². The summed E-state index contributed by atoms with van der Waals surface area (Å²) in [6.45, 7) is 8.16. The van der Waals surface area contributed by atoms with Gasteiger partial charge in [-0.1, -0.05) is 6.92 Å². The van der Waals surface area contributed by atoms with Crippen LogP contribution in [-0.4, -0.2) is 58.5 Å². The van der Waals surface area contributed by atoms with E-state index >= 15 is 0 Å². The Morgan fingerprint density at radius 2 is 2.27 bits per heavy atom. The molecule has 1 atom stereocenters. The molecule has 124 valence electrons. The van der Waals surface area contributed by atoms with Crippen LogP contribution < -0.4 is 0 Å². The number of carbonyl (C=O) groups excluding carboxylic acids is 1. The van der Waals surface area contributed by atoms with Crippen LogP contribution in [-0.2, 0) is 18.3 Å². The predicted octanol–water partition coefficient (Wildman–Crippen LogP) is 1.93. The molecule has 2 rings (SSSR count). The first-order valence-electron chi connectivity index (χ1n) is 8.40. The number of aromatic nitrogens is 2. The summed E-state index contributed by atoms with van der Waals surface area (Å²) in [4.78, 5) is 21.5. The van der Waals surface area contributed by atoms with Crippen molar-refractivity contribution >= 4 is 5.91 Å². The van der Waals surface area contributed by atoms with E-state index in [0.29, 0.717) is 5.91 Å². The SMILES string of the molecule is CCN1CCC[C@](C)(C(=O)N(C)CCCc2nccn2C)C1. The molecule has 5 heteroatoms. The molecule has 1 aliphatic heterocycles. The Balaban J connectivity index is 1.84. The van der Waals surface area contributed by atoms with Crippen molar-refractivity contribution < 1.29 is 4.79 Å². The van der Waals surface area contributed by atoms with E-state index in [1.165, 1.54) is 0 Å².